The molecule has 0 spiro atoms. The number of aryl methyl sites for hydroxylation is 1. The van der Waals surface area contributed by atoms with Gasteiger partial charge in [0.2, 0.25) is 5.91 Å². The van der Waals surface area contributed by atoms with E-state index in [-0.39, 0.29) is 18.3 Å². The van der Waals surface area contributed by atoms with E-state index in [1.165, 1.54) is 33.4 Å². The number of halogens is 1. The summed E-state index contributed by atoms with van der Waals surface area (Å²) >= 11 is 0. The van der Waals surface area contributed by atoms with Crippen molar-refractivity contribution in [3.8, 4) is 0 Å². The van der Waals surface area contributed by atoms with Crippen molar-refractivity contribution in [3.05, 3.63) is 75.9 Å². The minimum absolute atomic E-state index is 0. The van der Waals surface area contributed by atoms with E-state index in [1.54, 1.807) is 6.08 Å². The Labute approximate surface area is 174 Å². The highest BCUT2D eigenvalue weighted by atomic mass is 35.5. The lowest BCUT2D eigenvalue weighted by Gasteiger charge is -2.23. The Morgan fingerprint density at radius 2 is 1.96 bits per heavy atom. The van der Waals surface area contributed by atoms with Gasteiger partial charge >= 0.3 is 0 Å². The number of amides is 1. The molecule has 0 radical (unpaired) electrons. The first-order valence-electron chi connectivity index (χ1n) is 9.99. The van der Waals surface area contributed by atoms with Crippen molar-refractivity contribution >= 4 is 24.4 Å². The molecule has 0 unspecified atom stereocenters. The number of hydrogen-bond donors (Lipinski definition) is 1. The maximum atomic E-state index is 13.0. The van der Waals surface area contributed by atoms with Gasteiger partial charge in [-0.25, -0.2) is 0 Å². The van der Waals surface area contributed by atoms with Crippen LogP contribution in [0, 0.1) is 13.8 Å². The minimum Gasteiger partial charge on any atom is -0.332 e. The van der Waals surface area contributed by atoms with Gasteiger partial charge in [-0.05, 0) is 79.1 Å². The molecule has 0 atom stereocenters. The molecule has 1 aliphatic carbocycles. The number of fused-ring (bicyclic) bond motifs is 1. The Morgan fingerprint density at radius 3 is 2.75 bits per heavy atom. The van der Waals surface area contributed by atoms with Gasteiger partial charge in [0.1, 0.15) is 0 Å². The summed E-state index contributed by atoms with van der Waals surface area (Å²) in [5, 5.41) is 3.41. The first kappa shape index (κ1) is 20.6. The van der Waals surface area contributed by atoms with E-state index >= 15 is 0 Å². The summed E-state index contributed by atoms with van der Waals surface area (Å²) < 4.78 is 0. The molecule has 0 saturated heterocycles. The number of carbonyl (C=O) groups is 1. The van der Waals surface area contributed by atoms with Crippen LogP contribution >= 0.6 is 12.4 Å². The monoisotopic (exact) mass is 396 g/mol. The second kappa shape index (κ2) is 8.93. The lowest BCUT2D eigenvalue weighted by Crippen LogP contribution is -2.31. The highest BCUT2D eigenvalue weighted by Crippen LogP contribution is 2.30. The van der Waals surface area contributed by atoms with Gasteiger partial charge in [-0.2, -0.15) is 0 Å². The van der Waals surface area contributed by atoms with E-state index in [0.29, 0.717) is 12.6 Å². The summed E-state index contributed by atoms with van der Waals surface area (Å²) in [5.41, 5.74) is 7.76. The lowest BCUT2D eigenvalue weighted by molar-refractivity contribution is -0.127. The van der Waals surface area contributed by atoms with Crippen LogP contribution in [0.1, 0.15) is 46.2 Å². The van der Waals surface area contributed by atoms with Crippen LogP contribution in [-0.2, 0) is 24.3 Å². The summed E-state index contributed by atoms with van der Waals surface area (Å²) in [7, 11) is 0. The zero-order valence-electron chi connectivity index (χ0n) is 16.7. The van der Waals surface area contributed by atoms with Crippen molar-refractivity contribution in [2.75, 3.05) is 6.54 Å². The van der Waals surface area contributed by atoms with Crippen molar-refractivity contribution in [1.82, 2.24) is 10.2 Å². The molecular weight excluding hydrogens is 368 g/mol. The molecule has 2 aromatic carbocycles. The van der Waals surface area contributed by atoms with E-state index in [2.05, 4.69) is 60.5 Å². The Kier molecular flexibility index (Phi) is 6.58. The third-order valence-electron chi connectivity index (χ3n) is 5.91. The molecule has 4 heteroatoms. The molecular formula is C24H29ClN2O. The molecule has 0 bridgehead atoms. The maximum absolute atomic E-state index is 13.0. The standard InChI is InChI=1S/C24H28N2O.ClH/c1-17-5-3-8-21(18(17)2)16-26(22-10-11-22)24(27)12-9-19-6-4-7-20-15-25-14-13-23(19)20;/h3-9,12,22,25H,10-11,13-16H2,1-2H3;1H/b12-9+;. The summed E-state index contributed by atoms with van der Waals surface area (Å²) in [5.74, 6) is 0.130. The van der Waals surface area contributed by atoms with Gasteiger partial charge in [-0.3, -0.25) is 4.79 Å². The second-order valence-corrected chi connectivity index (χ2v) is 7.80. The first-order valence-corrected chi connectivity index (χ1v) is 9.99. The summed E-state index contributed by atoms with van der Waals surface area (Å²) in [6, 6.07) is 13.2. The highest BCUT2D eigenvalue weighted by Gasteiger charge is 2.31. The molecule has 0 aromatic heterocycles. The third-order valence-corrected chi connectivity index (χ3v) is 5.91. The van der Waals surface area contributed by atoms with Gasteiger partial charge < -0.3 is 10.2 Å². The normalized spacial score (nSPS) is 15.8. The lowest BCUT2D eigenvalue weighted by atomic mass is 9.95. The van der Waals surface area contributed by atoms with Crippen LogP contribution in [0.25, 0.3) is 6.08 Å². The molecule has 1 heterocycles. The fraction of sp³-hybridized carbons (Fsp3) is 0.375. The second-order valence-electron chi connectivity index (χ2n) is 7.80. The zero-order valence-corrected chi connectivity index (χ0v) is 17.5. The minimum atomic E-state index is 0. The topological polar surface area (TPSA) is 32.3 Å². The Bertz CT molecular complexity index is 886. The van der Waals surface area contributed by atoms with E-state index in [1.807, 2.05) is 6.08 Å². The molecule has 1 saturated carbocycles. The molecule has 28 heavy (non-hydrogen) atoms. The smallest absolute Gasteiger partial charge is 0.247 e. The van der Waals surface area contributed by atoms with Crippen molar-refractivity contribution in [3.63, 3.8) is 0 Å². The number of nitrogens with one attached hydrogen (secondary N) is 1. The number of hydrogen-bond acceptors (Lipinski definition) is 2. The van der Waals surface area contributed by atoms with Gasteiger partial charge in [-0.1, -0.05) is 36.4 Å². The van der Waals surface area contributed by atoms with Crippen LogP contribution < -0.4 is 5.32 Å². The molecule has 3 nitrogen and oxygen atoms in total. The van der Waals surface area contributed by atoms with E-state index in [4.69, 9.17) is 0 Å². The van der Waals surface area contributed by atoms with Crippen molar-refractivity contribution in [2.24, 2.45) is 0 Å². The number of carbonyl (C=O) groups excluding carboxylic acids is 1. The number of rotatable bonds is 5. The van der Waals surface area contributed by atoms with Crippen molar-refractivity contribution in [2.45, 2.75) is 52.2 Å². The van der Waals surface area contributed by atoms with E-state index < -0.39 is 0 Å². The molecule has 1 fully saturated rings. The molecule has 2 aromatic rings. The van der Waals surface area contributed by atoms with Crippen LogP contribution in [0.15, 0.2) is 42.5 Å². The molecule has 1 aliphatic heterocycles. The van der Waals surface area contributed by atoms with Gasteiger partial charge in [0, 0.05) is 25.2 Å². The van der Waals surface area contributed by atoms with Crippen molar-refractivity contribution in [1.29, 1.82) is 0 Å². The third kappa shape index (κ3) is 4.48. The van der Waals surface area contributed by atoms with Gasteiger partial charge in [0.25, 0.3) is 0 Å². The predicted molar refractivity (Wildman–Crippen MR) is 118 cm³/mol. The molecule has 4 rings (SSSR count). The van der Waals surface area contributed by atoms with Crippen LogP contribution in [-0.4, -0.2) is 23.4 Å². The van der Waals surface area contributed by atoms with Gasteiger partial charge in [0.05, 0.1) is 0 Å². The van der Waals surface area contributed by atoms with E-state index in [9.17, 15) is 4.79 Å². The summed E-state index contributed by atoms with van der Waals surface area (Å²) in [4.78, 5) is 15.0. The molecule has 148 valence electrons. The van der Waals surface area contributed by atoms with Crippen LogP contribution in [0.3, 0.4) is 0 Å². The van der Waals surface area contributed by atoms with Gasteiger partial charge in [0.15, 0.2) is 0 Å². The predicted octanol–water partition coefficient (Wildman–Crippen LogP) is 4.58. The van der Waals surface area contributed by atoms with E-state index in [0.717, 1.165) is 32.4 Å². The Hall–Kier alpha value is -2.10. The van der Waals surface area contributed by atoms with Crippen LogP contribution in [0.2, 0.25) is 0 Å². The molecule has 2 aliphatic rings. The molecule has 1 N–H and O–H groups in total. The Morgan fingerprint density at radius 1 is 1.18 bits per heavy atom. The Balaban J connectivity index is 0.00000225. The average Bonchev–Trinajstić information content (AvgIpc) is 3.52. The van der Waals surface area contributed by atoms with Crippen LogP contribution in [0.4, 0.5) is 0 Å². The SMILES string of the molecule is Cc1cccc(CN(C(=O)/C=C/c2cccc3c2CCNC3)C2CC2)c1C.Cl. The van der Waals surface area contributed by atoms with Crippen molar-refractivity contribution < 1.29 is 4.79 Å². The highest BCUT2D eigenvalue weighted by molar-refractivity contribution is 5.92. The summed E-state index contributed by atoms with van der Waals surface area (Å²) in [6.45, 7) is 6.92. The van der Waals surface area contributed by atoms with Crippen LogP contribution in [0.5, 0.6) is 0 Å². The zero-order chi connectivity index (χ0) is 18.8. The number of benzene rings is 2. The molecule has 1 amide bonds. The fourth-order valence-corrected chi connectivity index (χ4v) is 3.91. The number of nitrogens with zero attached hydrogens (tertiary/aromatic N) is 1. The maximum Gasteiger partial charge on any atom is 0.247 e. The quantitative estimate of drug-likeness (QED) is 0.750. The van der Waals surface area contributed by atoms with Gasteiger partial charge in [-0.15, -0.1) is 12.4 Å². The largest absolute Gasteiger partial charge is 0.332 e. The summed E-state index contributed by atoms with van der Waals surface area (Å²) in [6.07, 6.45) is 7.07. The first-order chi connectivity index (χ1) is 13.1. The fourth-order valence-electron chi connectivity index (χ4n) is 3.91. The average molecular weight is 397 g/mol.